The van der Waals surface area contributed by atoms with E-state index in [1.165, 1.54) is 0 Å². The van der Waals surface area contributed by atoms with E-state index in [0.717, 1.165) is 11.1 Å². The van der Waals surface area contributed by atoms with Crippen molar-refractivity contribution in [1.29, 1.82) is 0 Å². The fourth-order valence-corrected chi connectivity index (χ4v) is 1.06. The molecule has 0 amide bonds. The molecular weight excluding hydrogens is 152 g/mol. The topological polar surface area (TPSA) is 48.1 Å². The van der Waals surface area contributed by atoms with Crippen LogP contribution in [0.2, 0.25) is 0 Å². The number of aryl methyl sites for hydroxylation is 1. The standard InChI is InChI=1S/C9H14N2O/c1-7-3-8(5-11-4-7)9(10)6-12-2/h3-5,9H,6,10H2,1-2H3. The van der Waals surface area contributed by atoms with E-state index in [1.807, 2.05) is 19.2 Å². The van der Waals surface area contributed by atoms with Crippen LogP contribution in [0.1, 0.15) is 17.2 Å². The van der Waals surface area contributed by atoms with Crippen molar-refractivity contribution in [1.82, 2.24) is 4.98 Å². The second kappa shape index (κ2) is 4.18. The first-order valence-corrected chi connectivity index (χ1v) is 3.90. The quantitative estimate of drug-likeness (QED) is 0.729. The number of hydrogen-bond donors (Lipinski definition) is 1. The van der Waals surface area contributed by atoms with Gasteiger partial charge in [-0.2, -0.15) is 0 Å². The Morgan fingerprint density at radius 2 is 2.33 bits per heavy atom. The molecule has 3 heteroatoms. The van der Waals surface area contributed by atoms with Gasteiger partial charge in [0.05, 0.1) is 12.6 Å². The number of nitrogens with two attached hydrogens (primary N) is 1. The molecule has 0 aliphatic heterocycles. The molecule has 1 unspecified atom stereocenters. The molecule has 12 heavy (non-hydrogen) atoms. The normalized spacial score (nSPS) is 12.9. The number of aromatic nitrogens is 1. The van der Waals surface area contributed by atoms with Crippen LogP contribution in [0.25, 0.3) is 0 Å². The highest BCUT2D eigenvalue weighted by Gasteiger charge is 2.04. The molecule has 0 fully saturated rings. The predicted molar refractivity (Wildman–Crippen MR) is 47.8 cm³/mol. The first-order valence-electron chi connectivity index (χ1n) is 3.90. The molecule has 0 saturated heterocycles. The van der Waals surface area contributed by atoms with Gasteiger partial charge in [-0.25, -0.2) is 0 Å². The number of ether oxygens (including phenoxy) is 1. The van der Waals surface area contributed by atoms with Gasteiger partial charge in [-0.05, 0) is 18.1 Å². The zero-order valence-electron chi connectivity index (χ0n) is 7.45. The first-order chi connectivity index (χ1) is 5.74. The summed E-state index contributed by atoms with van der Waals surface area (Å²) in [5.74, 6) is 0. The van der Waals surface area contributed by atoms with Crippen LogP contribution in [-0.2, 0) is 4.74 Å². The number of methoxy groups -OCH3 is 1. The van der Waals surface area contributed by atoms with Gasteiger partial charge in [0.2, 0.25) is 0 Å². The van der Waals surface area contributed by atoms with Gasteiger partial charge >= 0.3 is 0 Å². The first kappa shape index (κ1) is 9.16. The van der Waals surface area contributed by atoms with Gasteiger partial charge in [-0.3, -0.25) is 4.98 Å². The zero-order valence-corrected chi connectivity index (χ0v) is 7.45. The Balaban J connectivity index is 2.73. The molecule has 3 nitrogen and oxygen atoms in total. The highest BCUT2D eigenvalue weighted by molar-refractivity contribution is 5.19. The van der Waals surface area contributed by atoms with Crippen LogP contribution < -0.4 is 5.73 Å². The smallest absolute Gasteiger partial charge is 0.0656 e. The molecule has 2 N–H and O–H groups in total. The third-order valence-corrected chi connectivity index (χ3v) is 1.67. The zero-order chi connectivity index (χ0) is 8.97. The lowest BCUT2D eigenvalue weighted by atomic mass is 10.1. The summed E-state index contributed by atoms with van der Waals surface area (Å²) in [6, 6.07) is 1.96. The van der Waals surface area contributed by atoms with E-state index in [1.54, 1.807) is 13.3 Å². The van der Waals surface area contributed by atoms with Crippen LogP contribution in [0.15, 0.2) is 18.5 Å². The summed E-state index contributed by atoms with van der Waals surface area (Å²) in [5.41, 5.74) is 7.96. The molecule has 0 aromatic carbocycles. The lowest BCUT2D eigenvalue weighted by Crippen LogP contribution is -2.16. The van der Waals surface area contributed by atoms with Crippen molar-refractivity contribution in [3.05, 3.63) is 29.6 Å². The Bertz CT molecular complexity index is 250. The maximum Gasteiger partial charge on any atom is 0.0656 e. The summed E-state index contributed by atoms with van der Waals surface area (Å²) < 4.78 is 4.95. The Morgan fingerprint density at radius 3 is 2.92 bits per heavy atom. The van der Waals surface area contributed by atoms with Crippen molar-refractivity contribution >= 4 is 0 Å². The summed E-state index contributed by atoms with van der Waals surface area (Å²) >= 11 is 0. The Kier molecular flexibility index (Phi) is 3.19. The van der Waals surface area contributed by atoms with Crippen molar-refractivity contribution in [2.24, 2.45) is 5.73 Å². The molecule has 0 radical (unpaired) electrons. The molecule has 1 rings (SSSR count). The van der Waals surface area contributed by atoms with Crippen LogP contribution >= 0.6 is 0 Å². The second-order valence-electron chi connectivity index (χ2n) is 2.86. The van der Waals surface area contributed by atoms with E-state index < -0.39 is 0 Å². The van der Waals surface area contributed by atoms with Gasteiger partial charge in [0, 0.05) is 19.5 Å². The molecule has 66 valence electrons. The van der Waals surface area contributed by atoms with E-state index >= 15 is 0 Å². The molecule has 0 spiro atoms. The lowest BCUT2D eigenvalue weighted by Gasteiger charge is -2.10. The minimum absolute atomic E-state index is 0.0672. The van der Waals surface area contributed by atoms with Gasteiger partial charge in [0.15, 0.2) is 0 Å². The molecule has 0 aliphatic carbocycles. The second-order valence-corrected chi connectivity index (χ2v) is 2.86. The number of pyridine rings is 1. The fraction of sp³-hybridized carbons (Fsp3) is 0.444. The van der Waals surface area contributed by atoms with Crippen molar-refractivity contribution in [3.8, 4) is 0 Å². The minimum Gasteiger partial charge on any atom is -0.383 e. The molecular formula is C9H14N2O. The maximum absolute atomic E-state index is 5.81. The van der Waals surface area contributed by atoms with Crippen molar-refractivity contribution in [3.63, 3.8) is 0 Å². The minimum atomic E-state index is -0.0672. The van der Waals surface area contributed by atoms with E-state index in [4.69, 9.17) is 10.5 Å². The Hall–Kier alpha value is -0.930. The van der Waals surface area contributed by atoms with Crippen LogP contribution in [0.4, 0.5) is 0 Å². The van der Waals surface area contributed by atoms with Crippen LogP contribution in [0, 0.1) is 6.92 Å². The largest absolute Gasteiger partial charge is 0.383 e. The number of rotatable bonds is 3. The van der Waals surface area contributed by atoms with Gasteiger partial charge in [-0.15, -0.1) is 0 Å². The fourth-order valence-electron chi connectivity index (χ4n) is 1.06. The third kappa shape index (κ3) is 2.29. The molecule has 0 saturated carbocycles. The van der Waals surface area contributed by atoms with E-state index in [-0.39, 0.29) is 6.04 Å². The van der Waals surface area contributed by atoms with Crippen LogP contribution in [0.5, 0.6) is 0 Å². The molecule has 1 heterocycles. The molecule has 1 aromatic heterocycles. The SMILES string of the molecule is COCC(N)c1cncc(C)c1. The van der Waals surface area contributed by atoms with Crippen LogP contribution in [0.3, 0.4) is 0 Å². The molecule has 1 atom stereocenters. The number of nitrogens with zero attached hydrogens (tertiary/aromatic N) is 1. The summed E-state index contributed by atoms with van der Waals surface area (Å²) in [7, 11) is 1.64. The number of hydrogen-bond acceptors (Lipinski definition) is 3. The summed E-state index contributed by atoms with van der Waals surface area (Å²) in [6.45, 7) is 2.53. The van der Waals surface area contributed by atoms with E-state index in [9.17, 15) is 0 Å². The van der Waals surface area contributed by atoms with Crippen LogP contribution in [-0.4, -0.2) is 18.7 Å². The molecule has 1 aromatic rings. The Labute approximate surface area is 72.6 Å². The highest BCUT2D eigenvalue weighted by Crippen LogP contribution is 2.09. The van der Waals surface area contributed by atoms with Gasteiger partial charge in [-0.1, -0.05) is 6.07 Å². The van der Waals surface area contributed by atoms with Gasteiger partial charge in [0.1, 0.15) is 0 Å². The van der Waals surface area contributed by atoms with Gasteiger partial charge in [0.25, 0.3) is 0 Å². The average Bonchev–Trinajstić information content (AvgIpc) is 2.05. The maximum atomic E-state index is 5.81. The lowest BCUT2D eigenvalue weighted by molar-refractivity contribution is 0.181. The summed E-state index contributed by atoms with van der Waals surface area (Å²) in [5, 5.41) is 0. The van der Waals surface area contributed by atoms with Crippen molar-refractivity contribution < 1.29 is 4.74 Å². The average molecular weight is 166 g/mol. The van der Waals surface area contributed by atoms with Gasteiger partial charge < -0.3 is 10.5 Å². The predicted octanol–water partition coefficient (Wildman–Crippen LogP) is 1.04. The highest BCUT2D eigenvalue weighted by atomic mass is 16.5. The Morgan fingerprint density at radius 1 is 1.58 bits per heavy atom. The molecule has 0 aliphatic rings. The summed E-state index contributed by atoms with van der Waals surface area (Å²) in [6.07, 6.45) is 3.58. The van der Waals surface area contributed by atoms with E-state index in [0.29, 0.717) is 6.61 Å². The molecule has 0 bridgehead atoms. The van der Waals surface area contributed by atoms with Crippen molar-refractivity contribution in [2.75, 3.05) is 13.7 Å². The van der Waals surface area contributed by atoms with E-state index in [2.05, 4.69) is 4.98 Å². The van der Waals surface area contributed by atoms with Crippen molar-refractivity contribution in [2.45, 2.75) is 13.0 Å². The monoisotopic (exact) mass is 166 g/mol. The third-order valence-electron chi connectivity index (χ3n) is 1.67. The summed E-state index contributed by atoms with van der Waals surface area (Å²) in [4.78, 5) is 4.05.